The quantitative estimate of drug-likeness (QED) is 0.762. The number of nitrogens with one attached hydrogen (secondary N) is 1. The molecule has 19 heavy (non-hydrogen) atoms. The van der Waals surface area contributed by atoms with E-state index < -0.39 is 12.0 Å². The summed E-state index contributed by atoms with van der Waals surface area (Å²) in [5.74, 6) is 0.376. The topological polar surface area (TPSA) is 71.0 Å². The van der Waals surface area contributed by atoms with Gasteiger partial charge >= 0.3 is 5.97 Å². The van der Waals surface area contributed by atoms with Crippen molar-refractivity contribution in [2.24, 2.45) is 0 Å². The van der Waals surface area contributed by atoms with Crippen molar-refractivity contribution in [1.82, 2.24) is 5.32 Å². The molecule has 2 N–H and O–H groups in total. The highest BCUT2D eigenvalue weighted by molar-refractivity contribution is 5.74. The molecular formula is C13H20N2O4. The maximum absolute atomic E-state index is 11.0. The standard InChI is InChI=1S/C13H20N2O4/c1-14-10(13(16)17)8-15(2)9-5-6-11(18-3)12(7-9)19-4/h5-7,10,14H,8H2,1-4H3,(H,16,17). The summed E-state index contributed by atoms with van der Waals surface area (Å²) in [4.78, 5) is 12.8. The number of anilines is 1. The first-order valence-electron chi connectivity index (χ1n) is 5.86. The van der Waals surface area contributed by atoms with Crippen LogP contribution in [0.1, 0.15) is 0 Å². The molecule has 0 bridgehead atoms. The number of carbonyl (C=O) groups is 1. The average Bonchev–Trinajstić information content (AvgIpc) is 2.43. The van der Waals surface area contributed by atoms with Gasteiger partial charge in [-0.05, 0) is 19.2 Å². The molecule has 6 heteroatoms. The molecule has 6 nitrogen and oxygen atoms in total. The van der Waals surface area contributed by atoms with E-state index in [1.165, 1.54) is 0 Å². The van der Waals surface area contributed by atoms with Crippen molar-refractivity contribution in [1.29, 1.82) is 0 Å². The van der Waals surface area contributed by atoms with Crippen molar-refractivity contribution < 1.29 is 19.4 Å². The molecule has 0 aliphatic heterocycles. The van der Waals surface area contributed by atoms with E-state index in [2.05, 4.69) is 5.32 Å². The highest BCUT2D eigenvalue weighted by atomic mass is 16.5. The first kappa shape index (κ1) is 15.1. The fourth-order valence-corrected chi connectivity index (χ4v) is 1.73. The third-order valence-electron chi connectivity index (χ3n) is 2.91. The van der Waals surface area contributed by atoms with Crippen molar-refractivity contribution in [3.05, 3.63) is 18.2 Å². The number of rotatable bonds is 7. The Kier molecular flexibility index (Phi) is 5.44. The van der Waals surface area contributed by atoms with Gasteiger partial charge in [-0.1, -0.05) is 0 Å². The van der Waals surface area contributed by atoms with Gasteiger partial charge in [0, 0.05) is 25.3 Å². The number of hydrogen-bond donors (Lipinski definition) is 2. The van der Waals surface area contributed by atoms with Crippen LogP contribution in [-0.2, 0) is 4.79 Å². The predicted octanol–water partition coefficient (Wildman–Crippen LogP) is 0.813. The number of carboxylic acid groups (broad SMARTS) is 1. The predicted molar refractivity (Wildman–Crippen MR) is 73.3 cm³/mol. The second kappa shape index (κ2) is 6.84. The number of aliphatic carboxylic acids is 1. The van der Waals surface area contributed by atoms with E-state index in [1.54, 1.807) is 27.3 Å². The molecule has 0 saturated heterocycles. The number of hydrogen-bond acceptors (Lipinski definition) is 5. The molecule has 1 rings (SSSR count). The van der Waals surface area contributed by atoms with E-state index in [0.29, 0.717) is 18.0 Å². The van der Waals surface area contributed by atoms with Gasteiger partial charge in [-0.2, -0.15) is 0 Å². The van der Waals surface area contributed by atoms with Gasteiger partial charge in [0.2, 0.25) is 0 Å². The van der Waals surface area contributed by atoms with Crippen LogP contribution in [0.5, 0.6) is 11.5 Å². The molecule has 0 fully saturated rings. The molecule has 106 valence electrons. The van der Waals surface area contributed by atoms with Gasteiger partial charge in [0.15, 0.2) is 11.5 Å². The maximum atomic E-state index is 11.0. The Hall–Kier alpha value is -1.95. The Labute approximate surface area is 112 Å². The normalized spacial score (nSPS) is 11.8. The van der Waals surface area contributed by atoms with E-state index in [9.17, 15) is 4.79 Å². The molecule has 1 atom stereocenters. The van der Waals surface area contributed by atoms with Crippen molar-refractivity contribution >= 4 is 11.7 Å². The minimum absolute atomic E-state index is 0.349. The Morgan fingerprint density at radius 1 is 1.37 bits per heavy atom. The van der Waals surface area contributed by atoms with E-state index in [1.807, 2.05) is 24.1 Å². The van der Waals surface area contributed by atoms with Crippen LogP contribution >= 0.6 is 0 Å². The van der Waals surface area contributed by atoms with Crippen LogP contribution < -0.4 is 19.7 Å². The third-order valence-corrected chi connectivity index (χ3v) is 2.91. The molecule has 1 aromatic carbocycles. The molecule has 0 amide bonds. The molecule has 1 unspecified atom stereocenters. The number of benzene rings is 1. The number of likely N-dealkylation sites (N-methyl/N-ethyl adjacent to an activating group) is 2. The molecule has 0 heterocycles. The van der Waals surface area contributed by atoms with Crippen molar-refractivity contribution in [2.75, 3.05) is 39.8 Å². The number of carboxylic acids is 1. The monoisotopic (exact) mass is 268 g/mol. The molecule has 0 radical (unpaired) electrons. The Bertz CT molecular complexity index is 437. The highest BCUT2D eigenvalue weighted by Gasteiger charge is 2.18. The average molecular weight is 268 g/mol. The van der Waals surface area contributed by atoms with Crippen LogP contribution in [0, 0.1) is 0 Å². The zero-order valence-electron chi connectivity index (χ0n) is 11.6. The summed E-state index contributed by atoms with van der Waals surface area (Å²) in [6.45, 7) is 0.349. The molecule has 0 aromatic heterocycles. The van der Waals surface area contributed by atoms with Gasteiger partial charge in [0.25, 0.3) is 0 Å². The first-order chi connectivity index (χ1) is 9.03. The SMILES string of the molecule is CNC(CN(C)c1ccc(OC)c(OC)c1)C(=O)O. The van der Waals surface area contributed by atoms with Crippen molar-refractivity contribution in [3.63, 3.8) is 0 Å². The summed E-state index contributed by atoms with van der Waals surface area (Å²) < 4.78 is 10.4. The minimum atomic E-state index is -0.880. The second-order valence-corrected chi connectivity index (χ2v) is 4.10. The Balaban J connectivity index is 2.87. The highest BCUT2D eigenvalue weighted by Crippen LogP contribution is 2.31. The second-order valence-electron chi connectivity index (χ2n) is 4.10. The summed E-state index contributed by atoms with van der Waals surface area (Å²) in [5, 5.41) is 11.8. The zero-order valence-corrected chi connectivity index (χ0v) is 11.6. The fourth-order valence-electron chi connectivity index (χ4n) is 1.73. The van der Waals surface area contributed by atoms with Crippen LogP contribution in [-0.4, -0.2) is 52.0 Å². The van der Waals surface area contributed by atoms with Crippen LogP contribution in [0.4, 0.5) is 5.69 Å². The van der Waals surface area contributed by atoms with E-state index in [4.69, 9.17) is 14.6 Å². The molecule has 0 saturated carbocycles. The van der Waals surface area contributed by atoms with Crippen LogP contribution in [0.25, 0.3) is 0 Å². The van der Waals surface area contributed by atoms with Crippen LogP contribution in [0.2, 0.25) is 0 Å². The van der Waals surface area contributed by atoms with Crippen molar-refractivity contribution in [3.8, 4) is 11.5 Å². The lowest BCUT2D eigenvalue weighted by atomic mass is 10.2. The number of nitrogens with zero attached hydrogens (tertiary/aromatic N) is 1. The number of ether oxygens (including phenoxy) is 2. The fraction of sp³-hybridized carbons (Fsp3) is 0.462. The van der Waals surface area contributed by atoms with Crippen molar-refractivity contribution in [2.45, 2.75) is 6.04 Å². The summed E-state index contributed by atoms with van der Waals surface area (Å²) in [6, 6.07) is 4.83. The lowest BCUT2D eigenvalue weighted by Crippen LogP contribution is -2.43. The molecule has 0 aliphatic carbocycles. The van der Waals surface area contributed by atoms with Gasteiger partial charge in [-0.15, -0.1) is 0 Å². The molecular weight excluding hydrogens is 248 g/mol. The zero-order chi connectivity index (χ0) is 14.4. The Morgan fingerprint density at radius 2 is 2.00 bits per heavy atom. The Morgan fingerprint density at radius 3 is 2.47 bits per heavy atom. The summed E-state index contributed by atoms with van der Waals surface area (Å²) in [5.41, 5.74) is 0.860. The lowest BCUT2D eigenvalue weighted by Gasteiger charge is -2.24. The van der Waals surface area contributed by atoms with Crippen LogP contribution in [0.15, 0.2) is 18.2 Å². The summed E-state index contributed by atoms with van der Waals surface area (Å²) >= 11 is 0. The third kappa shape index (κ3) is 3.75. The van der Waals surface area contributed by atoms with E-state index in [-0.39, 0.29) is 0 Å². The summed E-state index contributed by atoms with van der Waals surface area (Å²) in [7, 11) is 6.59. The minimum Gasteiger partial charge on any atom is -0.493 e. The van der Waals surface area contributed by atoms with Gasteiger partial charge in [-0.3, -0.25) is 4.79 Å². The van der Waals surface area contributed by atoms with Gasteiger partial charge in [0.1, 0.15) is 6.04 Å². The first-order valence-corrected chi connectivity index (χ1v) is 5.86. The maximum Gasteiger partial charge on any atom is 0.322 e. The largest absolute Gasteiger partial charge is 0.493 e. The lowest BCUT2D eigenvalue weighted by molar-refractivity contribution is -0.139. The van der Waals surface area contributed by atoms with E-state index in [0.717, 1.165) is 5.69 Å². The number of methoxy groups -OCH3 is 2. The smallest absolute Gasteiger partial charge is 0.322 e. The van der Waals surface area contributed by atoms with E-state index >= 15 is 0 Å². The van der Waals surface area contributed by atoms with Gasteiger partial charge in [-0.25, -0.2) is 0 Å². The molecule has 1 aromatic rings. The molecule has 0 spiro atoms. The van der Waals surface area contributed by atoms with Gasteiger partial charge < -0.3 is 24.8 Å². The van der Waals surface area contributed by atoms with Crippen LogP contribution in [0.3, 0.4) is 0 Å². The molecule has 0 aliphatic rings. The van der Waals surface area contributed by atoms with Gasteiger partial charge in [0.05, 0.1) is 14.2 Å². The summed E-state index contributed by atoms with van der Waals surface area (Å²) in [6.07, 6.45) is 0.